The van der Waals surface area contributed by atoms with E-state index in [0.29, 0.717) is 30.6 Å². The van der Waals surface area contributed by atoms with Gasteiger partial charge >= 0.3 is 6.18 Å². The molecule has 4 aliphatic rings. The van der Waals surface area contributed by atoms with Gasteiger partial charge in [0.25, 0.3) is 0 Å². The van der Waals surface area contributed by atoms with Gasteiger partial charge in [0.1, 0.15) is 5.92 Å². The first-order chi connectivity index (χ1) is 13.4. The molecule has 3 saturated carbocycles. The molecule has 3 aliphatic carbocycles. The second-order valence-electron chi connectivity index (χ2n) is 10.7. The van der Waals surface area contributed by atoms with Crippen LogP contribution in [0.4, 0.5) is 13.2 Å². The zero-order chi connectivity index (χ0) is 21.4. The van der Waals surface area contributed by atoms with Gasteiger partial charge in [-0.1, -0.05) is 13.8 Å². The van der Waals surface area contributed by atoms with Gasteiger partial charge in [-0.2, -0.15) is 13.2 Å². The van der Waals surface area contributed by atoms with Crippen molar-refractivity contribution in [3.05, 3.63) is 0 Å². The number of fused-ring (bicyclic) bond motifs is 5. The van der Waals surface area contributed by atoms with Gasteiger partial charge in [0.15, 0.2) is 0 Å². The Kier molecular flexibility index (Phi) is 4.78. The van der Waals surface area contributed by atoms with Crippen molar-refractivity contribution < 1.29 is 22.8 Å². The van der Waals surface area contributed by atoms with Gasteiger partial charge in [-0.3, -0.25) is 9.59 Å². The lowest BCUT2D eigenvalue weighted by Gasteiger charge is -2.62. The van der Waals surface area contributed by atoms with Crippen LogP contribution in [-0.2, 0) is 9.59 Å². The van der Waals surface area contributed by atoms with Crippen molar-refractivity contribution in [1.29, 1.82) is 0 Å². The first-order valence-corrected chi connectivity index (χ1v) is 11.0. The van der Waals surface area contributed by atoms with Crippen LogP contribution in [0.2, 0.25) is 0 Å². The van der Waals surface area contributed by atoms with Crippen molar-refractivity contribution in [3.8, 4) is 0 Å². The Morgan fingerprint density at radius 3 is 2.38 bits per heavy atom. The van der Waals surface area contributed by atoms with E-state index in [1.807, 2.05) is 0 Å². The van der Waals surface area contributed by atoms with Crippen LogP contribution in [-0.4, -0.2) is 36.0 Å². The standard InChI is InChI=1S/C22H33F3N2O2/c1-20-9-8-16-13(15(20)6-4-12(20)10-22(23,24)25)5-7-17-21(16,2)11-14(18(26)28)19(29)27(17)3/h12-17H,4-11H2,1-3H3,(H2,26,28)/t12?,13-,14?,15-,16+,17?,20+,21+/m0/s1. The van der Waals surface area contributed by atoms with E-state index in [2.05, 4.69) is 13.8 Å². The minimum absolute atomic E-state index is 0.0866. The zero-order valence-electron chi connectivity index (χ0n) is 17.6. The fourth-order valence-electron chi connectivity index (χ4n) is 8.23. The van der Waals surface area contributed by atoms with Gasteiger partial charge in [0.05, 0.1) is 0 Å². The highest BCUT2D eigenvalue weighted by Gasteiger charge is 2.63. The van der Waals surface area contributed by atoms with Gasteiger partial charge in [-0.05, 0) is 79.4 Å². The summed E-state index contributed by atoms with van der Waals surface area (Å²) in [6, 6.07) is 0.0866. The molecule has 0 aromatic carbocycles. The summed E-state index contributed by atoms with van der Waals surface area (Å²) in [5.74, 6) is -0.783. The molecule has 0 aromatic rings. The fourth-order valence-corrected chi connectivity index (χ4v) is 8.23. The predicted octanol–water partition coefficient (Wildman–Crippen LogP) is 4.13. The number of halogens is 3. The third-order valence-corrected chi connectivity index (χ3v) is 9.59. The monoisotopic (exact) mass is 414 g/mol. The number of primary amides is 1. The molecule has 1 aliphatic heterocycles. The Hall–Kier alpha value is -1.27. The molecule has 8 atom stereocenters. The summed E-state index contributed by atoms with van der Waals surface area (Å²) in [5.41, 5.74) is 5.11. The number of nitrogens with zero attached hydrogens (tertiary/aromatic N) is 1. The minimum atomic E-state index is -4.11. The fraction of sp³-hybridized carbons (Fsp3) is 0.909. The summed E-state index contributed by atoms with van der Waals surface area (Å²) in [5, 5.41) is 0. The van der Waals surface area contributed by atoms with E-state index >= 15 is 0 Å². The highest BCUT2D eigenvalue weighted by molar-refractivity contribution is 6.00. The average Bonchev–Trinajstić information content (AvgIpc) is 2.93. The highest BCUT2D eigenvalue weighted by atomic mass is 19.4. The molecule has 1 saturated heterocycles. The molecule has 4 nitrogen and oxygen atoms in total. The van der Waals surface area contributed by atoms with E-state index in [4.69, 9.17) is 5.73 Å². The first kappa shape index (κ1) is 21.0. The number of likely N-dealkylation sites (tertiary alicyclic amines) is 1. The van der Waals surface area contributed by atoms with E-state index < -0.39 is 24.4 Å². The summed E-state index contributed by atoms with van der Waals surface area (Å²) in [4.78, 5) is 26.4. The van der Waals surface area contributed by atoms with Crippen LogP contribution in [0.1, 0.15) is 65.2 Å². The van der Waals surface area contributed by atoms with Crippen molar-refractivity contribution >= 4 is 11.8 Å². The SMILES string of the molecule is CN1C(=O)C(C(N)=O)C[C@@]2(C)C1CC[C@@H]1[C@H]2CC[C@]2(C)C(CC(F)(F)F)CC[C@@H]12. The molecule has 7 heteroatoms. The molecule has 1 heterocycles. The topological polar surface area (TPSA) is 63.4 Å². The van der Waals surface area contributed by atoms with Gasteiger partial charge in [-0.15, -0.1) is 0 Å². The number of hydrogen-bond donors (Lipinski definition) is 1. The number of amides is 2. The van der Waals surface area contributed by atoms with Crippen molar-refractivity contribution in [1.82, 2.24) is 4.90 Å². The molecule has 4 fully saturated rings. The van der Waals surface area contributed by atoms with Crippen LogP contribution < -0.4 is 5.73 Å². The third kappa shape index (κ3) is 3.09. The van der Waals surface area contributed by atoms with Crippen molar-refractivity contribution in [3.63, 3.8) is 0 Å². The molecule has 0 spiro atoms. The maximum absolute atomic E-state index is 13.2. The Labute approximate surface area is 170 Å². The molecule has 164 valence electrons. The van der Waals surface area contributed by atoms with Gasteiger partial charge in [-0.25, -0.2) is 0 Å². The quantitative estimate of drug-likeness (QED) is 0.691. The number of piperidine rings is 1. The lowest BCUT2D eigenvalue weighted by molar-refractivity contribution is -0.175. The second kappa shape index (κ2) is 6.61. The summed E-state index contributed by atoms with van der Waals surface area (Å²) in [6.45, 7) is 4.28. The molecule has 0 radical (unpaired) electrons. The molecule has 2 N–H and O–H groups in total. The zero-order valence-corrected chi connectivity index (χ0v) is 17.6. The molecule has 29 heavy (non-hydrogen) atoms. The van der Waals surface area contributed by atoms with Gasteiger partial charge in [0.2, 0.25) is 11.8 Å². The molecule has 4 rings (SSSR count). The number of nitrogens with two attached hydrogens (primary N) is 1. The van der Waals surface area contributed by atoms with Gasteiger partial charge in [0, 0.05) is 19.5 Å². The Balaban J connectivity index is 1.62. The molecular formula is C22H33F3N2O2. The van der Waals surface area contributed by atoms with Gasteiger partial charge < -0.3 is 10.6 Å². The average molecular weight is 415 g/mol. The number of hydrogen-bond acceptors (Lipinski definition) is 2. The molecule has 3 unspecified atom stereocenters. The molecule has 2 amide bonds. The first-order valence-electron chi connectivity index (χ1n) is 11.0. The summed E-state index contributed by atoms with van der Waals surface area (Å²) >= 11 is 0. The third-order valence-electron chi connectivity index (χ3n) is 9.59. The normalized spacial score (nSPS) is 47.4. The number of carbonyl (C=O) groups is 2. The second-order valence-corrected chi connectivity index (χ2v) is 10.7. The Morgan fingerprint density at radius 1 is 1.10 bits per heavy atom. The Morgan fingerprint density at radius 2 is 1.76 bits per heavy atom. The van der Waals surface area contributed by atoms with Crippen LogP contribution in [0.25, 0.3) is 0 Å². The summed E-state index contributed by atoms with van der Waals surface area (Å²) in [6.07, 6.45) is 0.743. The molecule has 0 aromatic heterocycles. The van der Waals surface area contributed by atoms with Crippen molar-refractivity contribution in [2.45, 2.75) is 77.4 Å². The lowest BCUT2D eigenvalue weighted by Crippen LogP contribution is -2.64. The van der Waals surface area contributed by atoms with E-state index in [1.165, 1.54) is 0 Å². The molecule has 0 bridgehead atoms. The van der Waals surface area contributed by atoms with Crippen LogP contribution >= 0.6 is 0 Å². The minimum Gasteiger partial charge on any atom is -0.369 e. The lowest BCUT2D eigenvalue weighted by atomic mass is 9.46. The van der Waals surface area contributed by atoms with Crippen LogP contribution in [0, 0.1) is 40.4 Å². The summed E-state index contributed by atoms with van der Waals surface area (Å²) < 4.78 is 39.5. The van der Waals surface area contributed by atoms with Crippen molar-refractivity contribution in [2.24, 2.45) is 46.2 Å². The number of carbonyl (C=O) groups excluding carboxylic acids is 2. The van der Waals surface area contributed by atoms with E-state index in [-0.39, 0.29) is 28.7 Å². The van der Waals surface area contributed by atoms with E-state index in [9.17, 15) is 22.8 Å². The predicted molar refractivity (Wildman–Crippen MR) is 102 cm³/mol. The number of alkyl halides is 3. The highest BCUT2D eigenvalue weighted by Crippen LogP contribution is 2.67. The molecular weight excluding hydrogens is 381 g/mol. The summed E-state index contributed by atoms with van der Waals surface area (Å²) in [7, 11) is 1.78. The van der Waals surface area contributed by atoms with Crippen molar-refractivity contribution in [2.75, 3.05) is 7.05 Å². The Bertz CT molecular complexity index is 711. The van der Waals surface area contributed by atoms with E-state index in [0.717, 1.165) is 32.1 Å². The van der Waals surface area contributed by atoms with Crippen LogP contribution in [0.5, 0.6) is 0 Å². The maximum atomic E-state index is 13.2. The van der Waals surface area contributed by atoms with Crippen LogP contribution in [0.3, 0.4) is 0 Å². The van der Waals surface area contributed by atoms with Crippen LogP contribution in [0.15, 0.2) is 0 Å². The number of rotatable bonds is 2. The largest absolute Gasteiger partial charge is 0.389 e. The van der Waals surface area contributed by atoms with E-state index in [1.54, 1.807) is 11.9 Å². The maximum Gasteiger partial charge on any atom is 0.389 e. The smallest absolute Gasteiger partial charge is 0.369 e.